The van der Waals surface area contributed by atoms with Gasteiger partial charge in [-0.3, -0.25) is 0 Å². The van der Waals surface area contributed by atoms with Crippen molar-refractivity contribution in [1.29, 1.82) is 0 Å². The molecule has 0 amide bonds. The molecule has 3 rings (SSSR count). The van der Waals surface area contributed by atoms with E-state index in [0.29, 0.717) is 17.7 Å². The van der Waals surface area contributed by atoms with Crippen molar-refractivity contribution in [3.63, 3.8) is 0 Å². The SMILES string of the molecule is Cc1ccc(O)cc1-c1cccc(C(N)CC2CCC(N)CC2)c1. The number of aryl methyl sites for hydroxylation is 1. The van der Waals surface area contributed by atoms with Gasteiger partial charge in [0.2, 0.25) is 0 Å². The average Bonchev–Trinajstić information content (AvgIpc) is 2.59. The number of phenolic OH excluding ortho intramolecular Hbond substituents is 1. The number of hydrogen-bond acceptors (Lipinski definition) is 3. The summed E-state index contributed by atoms with van der Waals surface area (Å²) in [6, 6.07) is 14.4. The zero-order valence-electron chi connectivity index (χ0n) is 14.4. The van der Waals surface area contributed by atoms with Gasteiger partial charge >= 0.3 is 0 Å². The molecule has 0 aliphatic heterocycles. The molecule has 0 heterocycles. The fraction of sp³-hybridized carbons (Fsp3) is 0.429. The molecule has 1 fully saturated rings. The van der Waals surface area contributed by atoms with Crippen LogP contribution in [0.2, 0.25) is 0 Å². The smallest absolute Gasteiger partial charge is 0.116 e. The maximum atomic E-state index is 9.78. The van der Waals surface area contributed by atoms with Gasteiger partial charge in [0.15, 0.2) is 0 Å². The van der Waals surface area contributed by atoms with Gasteiger partial charge in [0.05, 0.1) is 0 Å². The van der Waals surface area contributed by atoms with Crippen molar-refractivity contribution in [2.75, 3.05) is 0 Å². The summed E-state index contributed by atoms with van der Waals surface area (Å²) in [6.07, 6.45) is 5.66. The Kier molecular flexibility index (Phi) is 5.22. The highest BCUT2D eigenvalue weighted by molar-refractivity contribution is 5.69. The molecule has 3 nitrogen and oxygen atoms in total. The maximum Gasteiger partial charge on any atom is 0.116 e. The zero-order chi connectivity index (χ0) is 17.1. The van der Waals surface area contributed by atoms with E-state index in [2.05, 4.69) is 31.2 Å². The first-order valence-electron chi connectivity index (χ1n) is 8.94. The number of nitrogens with two attached hydrogens (primary N) is 2. The van der Waals surface area contributed by atoms with E-state index >= 15 is 0 Å². The predicted molar refractivity (Wildman–Crippen MR) is 99.8 cm³/mol. The summed E-state index contributed by atoms with van der Waals surface area (Å²) >= 11 is 0. The van der Waals surface area contributed by atoms with Crippen molar-refractivity contribution in [3.8, 4) is 16.9 Å². The van der Waals surface area contributed by atoms with Crippen LogP contribution in [0.15, 0.2) is 42.5 Å². The third kappa shape index (κ3) is 3.97. The molecule has 24 heavy (non-hydrogen) atoms. The number of hydrogen-bond donors (Lipinski definition) is 3. The molecule has 0 radical (unpaired) electrons. The van der Waals surface area contributed by atoms with Crippen molar-refractivity contribution in [2.45, 2.75) is 51.1 Å². The van der Waals surface area contributed by atoms with E-state index in [0.717, 1.165) is 36.0 Å². The lowest BCUT2D eigenvalue weighted by Gasteiger charge is -2.28. The first-order chi connectivity index (χ1) is 11.5. The topological polar surface area (TPSA) is 72.3 Å². The van der Waals surface area contributed by atoms with E-state index in [1.165, 1.54) is 18.4 Å². The Morgan fingerprint density at radius 1 is 1.08 bits per heavy atom. The summed E-state index contributed by atoms with van der Waals surface area (Å²) in [5.41, 5.74) is 17.0. The molecule has 128 valence electrons. The van der Waals surface area contributed by atoms with E-state index in [1.807, 2.05) is 12.1 Å². The Morgan fingerprint density at radius 2 is 1.83 bits per heavy atom. The molecule has 5 N–H and O–H groups in total. The first-order valence-corrected chi connectivity index (χ1v) is 8.94. The third-order valence-corrected chi connectivity index (χ3v) is 5.33. The summed E-state index contributed by atoms with van der Waals surface area (Å²) in [6.45, 7) is 2.06. The molecule has 1 atom stereocenters. The molecule has 3 heteroatoms. The minimum atomic E-state index is 0.0573. The number of aromatic hydroxyl groups is 1. The number of benzene rings is 2. The van der Waals surface area contributed by atoms with Crippen molar-refractivity contribution in [3.05, 3.63) is 53.6 Å². The van der Waals surface area contributed by atoms with Crippen LogP contribution in [-0.4, -0.2) is 11.1 Å². The minimum Gasteiger partial charge on any atom is -0.508 e. The van der Waals surface area contributed by atoms with Crippen LogP contribution in [-0.2, 0) is 0 Å². The summed E-state index contributed by atoms with van der Waals surface area (Å²) in [4.78, 5) is 0. The van der Waals surface area contributed by atoms with Gasteiger partial charge in [-0.15, -0.1) is 0 Å². The summed E-state index contributed by atoms with van der Waals surface area (Å²) in [5.74, 6) is 0.981. The Morgan fingerprint density at radius 3 is 2.58 bits per heavy atom. The van der Waals surface area contributed by atoms with Crippen molar-refractivity contribution in [2.24, 2.45) is 17.4 Å². The Labute approximate surface area is 144 Å². The van der Waals surface area contributed by atoms with Crippen LogP contribution >= 0.6 is 0 Å². The average molecular weight is 324 g/mol. The van der Waals surface area contributed by atoms with Crippen LogP contribution in [0.3, 0.4) is 0 Å². The van der Waals surface area contributed by atoms with Crippen molar-refractivity contribution < 1.29 is 5.11 Å². The lowest BCUT2D eigenvalue weighted by Crippen LogP contribution is -2.28. The summed E-state index contributed by atoms with van der Waals surface area (Å²) in [5, 5.41) is 9.78. The molecule has 2 aromatic carbocycles. The molecule has 0 bridgehead atoms. The van der Waals surface area contributed by atoms with E-state index < -0.39 is 0 Å². The van der Waals surface area contributed by atoms with E-state index in [-0.39, 0.29) is 6.04 Å². The molecular weight excluding hydrogens is 296 g/mol. The molecule has 1 aliphatic rings. The van der Waals surface area contributed by atoms with Gasteiger partial charge in [0.25, 0.3) is 0 Å². The fourth-order valence-corrected chi connectivity index (χ4v) is 3.78. The quantitative estimate of drug-likeness (QED) is 0.786. The van der Waals surface area contributed by atoms with Gasteiger partial charge in [-0.1, -0.05) is 24.3 Å². The largest absolute Gasteiger partial charge is 0.508 e. The lowest BCUT2D eigenvalue weighted by atomic mass is 9.81. The van der Waals surface area contributed by atoms with Crippen LogP contribution in [0.5, 0.6) is 5.75 Å². The van der Waals surface area contributed by atoms with Gasteiger partial charge in [-0.2, -0.15) is 0 Å². The van der Waals surface area contributed by atoms with Gasteiger partial charge in [0, 0.05) is 12.1 Å². The van der Waals surface area contributed by atoms with Crippen LogP contribution in [0, 0.1) is 12.8 Å². The van der Waals surface area contributed by atoms with Crippen LogP contribution < -0.4 is 11.5 Å². The monoisotopic (exact) mass is 324 g/mol. The molecule has 1 aliphatic carbocycles. The summed E-state index contributed by atoms with van der Waals surface area (Å²) < 4.78 is 0. The highest BCUT2D eigenvalue weighted by Crippen LogP contribution is 2.33. The maximum absolute atomic E-state index is 9.78. The molecule has 0 saturated heterocycles. The Bertz CT molecular complexity index is 690. The molecule has 2 aromatic rings. The Hall–Kier alpha value is -1.84. The zero-order valence-corrected chi connectivity index (χ0v) is 14.4. The van der Waals surface area contributed by atoms with Gasteiger partial charge in [0.1, 0.15) is 5.75 Å². The third-order valence-electron chi connectivity index (χ3n) is 5.33. The Balaban J connectivity index is 1.76. The predicted octanol–water partition coefficient (Wildman–Crippen LogP) is 4.28. The lowest BCUT2D eigenvalue weighted by molar-refractivity contribution is 0.295. The fourth-order valence-electron chi connectivity index (χ4n) is 3.78. The molecule has 0 aromatic heterocycles. The van der Waals surface area contributed by atoms with Crippen molar-refractivity contribution in [1.82, 2.24) is 0 Å². The second-order valence-corrected chi connectivity index (χ2v) is 7.25. The van der Waals surface area contributed by atoms with Crippen LogP contribution in [0.1, 0.15) is 49.3 Å². The van der Waals surface area contributed by atoms with Gasteiger partial charge in [-0.25, -0.2) is 0 Å². The van der Waals surface area contributed by atoms with E-state index in [1.54, 1.807) is 6.07 Å². The first kappa shape index (κ1) is 17.0. The highest BCUT2D eigenvalue weighted by Gasteiger charge is 2.21. The normalized spacial score (nSPS) is 22.3. The number of rotatable bonds is 4. The second kappa shape index (κ2) is 7.37. The molecule has 0 spiro atoms. The molecule has 1 unspecified atom stereocenters. The van der Waals surface area contributed by atoms with Gasteiger partial charge in [-0.05, 0) is 85.4 Å². The standard InChI is InChI=1S/C21H28N2O/c1-14-5-10-19(24)13-20(14)16-3-2-4-17(12-16)21(23)11-15-6-8-18(22)9-7-15/h2-5,10,12-13,15,18,21,24H,6-9,11,22-23H2,1H3. The van der Waals surface area contributed by atoms with Crippen LogP contribution in [0.25, 0.3) is 11.1 Å². The van der Waals surface area contributed by atoms with Gasteiger partial charge < -0.3 is 16.6 Å². The number of phenols is 1. The highest BCUT2D eigenvalue weighted by atomic mass is 16.3. The molecular formula is C21H28N2O. The van der Waals surface area contributed by atoms with Crippen LogP contribution in [0.4, 0.5) is 0 Å². The van der Waals surface area contributed by atoms with E-state index in [4.69, 9.17) is 11.5 Å². The van der Waals surface area contributed by atoms with Crippen molar-refractivity contribution >= 4 is 0 Å². The molecule has 1 saturated carbocycles. The van der Waals surface area contributed by atoms with E-state index in [9.17, 15) is 5.11 Å². The second-order valence-electron chi connectivity index (χ2n) is 7.25. The minimum absolute atomic E-state index is 0.0573. The summed E-state index contributed by atoms with van der Waals surface area (Å²) in [7, 11) is 0.